The molecule has 0 aliphatic heterocycles. The van der Waals surface area contributed by atoms with Gasteiger partial charge >= 0.3 is 0 Å². The van der Waals surface area contributed by atoms with Gasteiger partial charge in [-0.25, -0.2) is 0 Å². The zero-order valence-electron chi connectivity index (χ0n) is 17.1. The van der Waals surface area contributed by atoms with E-state index in [-0.39, 0.29) is 36.6 Å². The molecule has 1 aromatic carbocycles. The summed E-state index contributed by atoms with van der Waals surface area (Å²) in [6, 6.07) is 9.99. The van der Waals surface area contributed by atoms with Crippen molar-refractivity contribution in [2.24, 2.45) is 17.6 Å². The lowest BCUT2D eigenvalue weighted by Gasteiger charge is -2.20. The fourth-order valence-electron chi connectivity index (χ4n) is 3.14. The lowest BCUT2D eigenvalue weighted by atomic mass is 9.86. The molecule has 0 heterocycles. The van der Waals surface area contributed by atoms with Crippen molar-refractivity contribution in [1.29, 1.82) is 0 Å². The zero-order valence-corrected chi connectivity index (χ0v) is 17.1. The van der Waals surface area contributed by atoms with Gasteiger partial charge in [-0.2, -0.15) is 0 Å². The van der Waals surface area contributed by atoms with E-state index in [4.69, 9.17) is 15.6 Å². The predicted molar refractivity (Wildman–Crippen MR) is 111 cm³/mol. The summed E-state index contributed by atoms with van der Waals surface area (Å²) in [4.78, 5) is 25.4. The van der Waals surface area contributed by atoms with Crippen molar-refractivity contribution in [1.82, 2.24) is 5.32 Å². The minimum absolute atomic E-state index is 0.0719. The summed E-state index contributed by atoms with van der Waals surface area (Å²) in [7, 11) is 0. The maximum absolute atomic E-state index is 12.8. The molecule has 2 atom stereocenters. The van der Waals surface area contributed by atoms with E-state index in [2.05, 4.69) is 5.32 Å². The average molecular weight is 393 g/mol. The Morgan fingerprint density at radius 3 is 2.54 bits per heavy atom. The second-order valence-corrected chi connectivity index (χ2v) is 7.07. The third-order valence-corrected chi connectivity index (χ3v) is 4.84. The Balaban J connectivity index is 2.54. The number of nitrogens with one attached hydrogen (secondary N) is 1. The highest BCUT2D eigenvalue weighted by Crippen LogP contribution is 2.20. The Kier molecular flexibility index (Phi) is 13.2. The first kappa shape index (κ1) is 24.3. The molecule has 0 saturated carbocycles. The number of benzene rings is 1. The van der Waals surface area contributed by atoms with Crippen molar-refractivity contribution < 1.29 is 19.4 Å². The first-order valence-electron chi connectivity index (χ1n) is 10.3. The van der Waals surface area contributed by atoms with Crippen LogP contribution in [-0.4, -0.2) is 49.7 Å². The Labute approximate surface area is 168 Å². The summed E-state index contributed by atoms with van der Waals surface area (Å²) in [5.41, 5.74) is 6.75. The van der Waals surface area contributed by atoms with Crippen LogP contribution in [0.1, 0.15) is 44.6 Å². The molecule has 0 aliphatic rings. The number of aliphatic hydroxyl groups is 1. The quantitative estimate of drug-likeness (QED) is 0.374. The van der Waals surface area contributed by atoms with E-state index < -0.39 is 0 Å². The number of ketones is 1. The number of Topliss-reactive ketones (excluding diaryl/α,β-unsaturated/α-hetero) is 1. The fraction of sp³-hybridized carbons (Fsp3) is 0.636. The highest BCUT2D eigenvalue weighted by Gasteiger charge is 2.25. The van der Waals surface area contributed by atoms with Crippen molar-refractivity contribution in [3.63, 3.8) is 0 Å². The van der Waals surface area contributed by atoms with Crippen molar-refractivity contribution in [3.05, 3.63) is 35.9 Å². The fourth-order valence-corrected chi connectivity index (χ4v) is 3.14. The molecule has 0 radical (unpaired) electrons. The normalized spacial score (nSPS) is 13.1. The van der Waals surface area contributed by atoms with Crippen molar-refractivity contribution in [2.45, 2.75) is 45.4 Å². The first-order valence-corrected chi connectivity index (χ1v) is 10.3. The molecule has 0 unspecified atom stereocenters. The van der Waals surface area contributed by atoms with Crippen LogP contribution in [0.25, 0.3) is 0 Å². The highest BCUT2D eigenvalue weighted by atomic mass is 16.5. The molecule has 0 aliphatic carbocycles. The molecule has 0 aromatic heterocycles. The van der Waals surface area contributed by atoms with E-state index in [9.17, 15) is 9.59 Å². The van der Waals surface area contributed by atoms with Crippen LogP contribution in [0.4, 0.5) is 0 Å². The monoisotopic (exact) mass is 392 g/mol. The van der Waals surface area contributed by atoms with E-state index in [0.29, 0.717) is 52.0 Å². The van der Waals surface area contributed by atoms with Crippen LogP contribution in [0.2, 0.25) is 0 Å². The third-order valence-electron chi connectivity index (χ3n) is 4.84. The molecule has 0 saturated heterocycles. The van der Waals surface area contributed by atoms with Crippen molar-refractivity contribution in [2.75, 3.05) is 32.9 Å². The minimum Gasteiger partial charge on any atom is -0.396 e. The average Bonchev–Trinajstić information content (AvgIpc) is 2.72. The molecule has 6 heteroatoms. The number of ether oxygens (including phenoxy) is 1. The summed E-state index contributed by atoms with van der Waals surface area (Å²) in [5.74, 6) is -0.388. The summed E-state index contributed by atoms with van der Waals surface area (Å²) < 4.78 is 5.33. The maximum Gasteiger partial charge on any atom is 0.223 e. The van der Waals surface area contributed by atoms with Gasteiger partial charge in [0, 0.05) is 38.0 Å². The van der Waals surface area contributed by atoms with Crippen molar-refractivity contribution in [3.8, 4) is 0 Å². The second kappa shape index (κ2) is 15.2. The minimum atomic E-state index is -0.349. The zero-order chi connectivity index (χ0) is 20.6. The topological polar surface area (TPSA) is 102 Å². The lowest BCUT2D eigenvalue weighted by molar-refractivity contribution is -0.131. The Bertz CT molecular complexity index is 551. The van der Waals surface area contributed by atoms with Gasteiger partial charge in [0.25, 0.3) is 0 Å². The molecule has 0 bridgehead atoms. The van der Waals surface area contributed by atoms with E-state index in [0.717, 1.165) is 12.0 Å². The van der Waals surface area contributed by atoms with Crippen LogP contribution >= 0.6 is 0 Å². The smallest absolute Gasteiger partial charge is 0.223 e. The number of amides is 1. The number of aliphatic hydroxyl groups excluding tert-OH is 1. The first-order chi connectivity index (χ1) is 13.6. The van der Waals surface area contributed by atoms with Crippen LogP contribution in [0.3, 0.4) is 0 Å². The van der Waals surface area contributed by atoms with Crippen molar-refractivity contribution >= 4 is 11.7 Å². The van der Waals surface area contributed by atoms with Crippen LogP contribution in [-0.2, 0) is 20.7 Å². The molecule has 28 heavy (non-hydrogen) atoms. The molecule has 0 spiro atoms. The number of rotatable bonds is 16. The van der Waals surface area contributed by atoms with Gasteiger partial charge in [-0.1, -0.05) is 37.3 Å². The standard InChI is InChI=1S/C22H36N2O4/c1-2-19(16-18-8-4-3-5-9-18)21(26)17-20(10-6-11-23)22(27)24-12-15-28-14-7-13-25/h3-5,8-9,19-20,25H,2,6-7,10-17,23H2,1H3,(H,24,27)/t19-,20+/m0/s1. The molecule has 6 nitrogen and oxygen atoms in total. The Morgan fingerprint density at radius 2 is 1.89 bits per heavy atom. The molecule has 158 valence electrons. The number of hydrogen-bond acceptors (Lipinski definition) is 5. The van der Waals surface area contributed by atoms with E-state index >= 15 is 0 Å². The van der Waals surface area contributed by atoms with Crippen LogP contribution in [0.15, 0.2) is 30.3 Å². The van der Waals surface area contributed by atoms with E-state index in [1.807, 2.05) is 37.3 Å². The summed E-state index contributed by atoms with van der Waals surface area (Å²) in [5, 5.41) is 11.6. The molecule has 1 aromatic rings. The molecule has 0 fully saturated rings. The lowest BCUT2D eigenvalue weighted by Crippen LogP contribution is -2.35. The van der Waals surface area contributed by atoms with E-state index in [1.54, 1.807) is 0 Å². The van der Waals surface area contributed by atoms with Gasteiger partial charge in [-0.05, 0) is 44.2 Å². The maximum atomic E-state index is 12.8. The number of carbonyl (C=O) groups excluding carboxylic acids is 2. The largest absolute Gasteiger partial charge is 0.396 e. The molecule has 4 N–H and O–H groups in total. The summed E-state index contributed by atoms with van der Waals surface area (Å²) in [6.07, 6.45) is 3.64. The number of nitrogens with two attached hydrogens (primary N) is 1. The Morgan fingerprint density at radius 1 is 1.14 bits per heavy atom. The summed E-state index contributed by atoms with van der Waals surface area (Å²) in [6.45, 7) is 3.89. The molecular formula is C22H36N2O4. The predicted octanol–water partition coefficient (Wildman–Crippen LogP) is 2.08. The molecular weight excluding hydrogens is 356 g/mol. The third kappa shape index (κ3) is 9.97. The van der Waals surface area contributed by atoms with Gasteiger partial charge in [0.2, 0.25) is 5.91 Å². The molecule has 1 amide bonds. The van der Waals surface area contributed by atoms with Gasteiger partial charge in [0.05, 0.1) is 6.61 Å². The second-order valence-electron chi connectivity index (χ2n) is 7.07. The number of hydrogen-bond donors (Lipinski definition) is 3. The van der Waals surface area contributed by atoms with Crippen LogP contribution in [0, 0.1) is 11.8 Å². The molecule has 1 rings (SSSR count). The SMILES string of the molecule is CC[C@@H](Cc1ccccc1)C(=O)C[C@@H](CCCN)C(=O)NCCOCCCO. The Hall–Kier alpha value is -1.76. The van der Waals surface area contributed by atoms with Crippen LogP contribution < -0.4 is 11.1 Å². The van der Waals surface area contributed by atoms with Gasteiger partial charge in [-0.3, -0.25) is 9.59 Å². The summed E-state index contributed by atoms with van der Waals surface area (Å²) >= 11 is 0. The van der Waals surface area contributed by atoms with Gasteiger partial charge < -0.3 is 20.9 Å². The number of carbonyl (C=O) groups is 2. The van der Waals surface area contributed by atoms with Gasteiger partial charge in [0.1, 0.15) is 5.78 Å². The van der Waals surface area contributed by atoms with E-state index in [1.165, 1.54) is 0 Å². The van der Waals surface area contributed by atoms with Gasteiger partial charge in [-0.15, -0.1) is 0 Å². The highest BCUT2D eigenvalue weighted by molar-refractivity contribution is 5.88. The van der Waals surface area contributed by atoms with Crippen LogP contribution in [0.5, 0.6) is 0 Å². The van der Waals surface area contributed by atoms with Gasteiger partial charge in [0.15, 0.2) is 0 Å².